The van der Waals surface area contributed by atoms with Crippen molar-refractivity contribution in [1.29, 1.82) is 0 Å². The summed E-state index contributed by atoms with van der Waals surface area (Å²) in [5.41, 5.74) is 13.7. The Bertz CT molecular complexity index is 363. The highest BCUT2D eigenvalue weighted by molar-refractivity contribution is 5.73. The van der Waals surface area contributed by atoms with E-state index >= 15 is 0 Å². The quantitative estimate of drug-likeness (QED) is 0.504. The summed E-state index contributed by atoms with van der Waals surface area (Å²) in [6.07, 6.45) is 2.23. The third-order valence-corrected chi connectivity index (χ3v) is 2.45. The second-order valence-electron chi connectivity index (χ2n) is 3.92. The van der Waals surface area contributed by atoms with E-state index in [0.29, 0.717) is 6.42 Å². The predicted molar refractivity (Wildman–Crippen MR) is 67.1 cm³/mol. The Labute approximate surface area is 96.0 Å². The molecule has 4 heteroatoms. The van der Waals surface area contributed by atoms with Crippen molar-refractivity contribution < 1.29 is 4.79 Å². The van der Waals surface area contributed by atoms with Crippen molar-refractivity contribution in [1.82, 2.24) is 0 Å². The Morgan fingerprint density at radius 2 is 2.12 bits per heavy atom. The molecule has 0 aliphatic heterocycles. The van der Waals surface area contributed by atoms with Gasteiger partial charge in [-0.05, 0) is 43.5 Å². The second kappa shape index (κ2) is 6.00. The van der Waals surface area contributed by atoms with Crippen molar-refractivity contribution in [3.63, 3.8) is 0 Å². The van der Waals surface area contributed by atoms with Crippen LogP contribution in [0.2, 0.25) is 0 Å². The van der Waals surface area contributed by atoms with E-state index in [9.17, 15) is 4.79 Å². The number of aryl methyl sites for hydroxylation is 1. The van der Waals surface area contributed by atoms with E-state index in [-0.39, 0.29) is 5.91 Å². The van der Waals surface area contributed by atoms with Crippen LogP contribution in [0.1, 0.15) is 24.8 Å². The van der Waals surface area contributed by atoms with Gasteiger partial charge in [0, 0.05) is 24.3 Å². The lowest BCUT2D eigenvalue weighted by molar-refractivity contribution is -0.118. The van der Waals surface area contributed by atoms with Crippen LogP contribution in [-0.4, -0.2) is 12.5 Å². The van der Waals surface area contributed by atoms with E-state index in [4.69, 9.17) is 11.5 Å². The number of unbranched alkanes of at least 4 members (excludes halogenated alkanes) is 1. The van der Waals surface area contributed by atoms with Crippen LogP contribution < -0.4 is 16.8 Å². The van der Waals surface area contributed by atoms with Crippen LogP contribution in [0.4, 0.5) is 11.4 Å². The van der Waals surface area contributed by atoms with Gasteiger partial charge in [0.05, 0.1) is 0 Å². The molecule has 0 atom stereocenters. The average Bonchev–Trinajstić information content (AvgIpc) is 2.22. The molecule has 0 spiro atoms. The highest BCUT2D eigenvalue weighted by Gasteiger charge is 1.97. The van der Waals surface area contributed by atoms with Crippen LogP contribution in [0.3, 0.4) is 0 Å². The largest absolute Gasteiger partial charge is 0.399 e. The number of benzene rings is 1. The molecule has 0 saturated heterocycles. The standard InChI is InChI=1S/C12H19N3O/c1-9-8-10(5-6-11(9)13)15-7-3-2-4-12(14)16/h5-6,8,15H,2-4,7,13H2,1H3,(H2,14,16). The van der Waals surface area contributed by atoms with Gasteiger partial charge < -0.3 is 16.8 Å². The maximum atomic E-state index is 10.5. The molecule has 0 aromatic heterocycles. The maximum absolute atomic E-state index is 10.5. The van der Waals surface area contributed by atoms with Crippen LogP contribution in [0, 0.1) is 6.92 Å². The lowest BCUT2D eigenvalue weighted by Gasteiger charge is -2.08. The Morgan fingerprint density at radius 3 is 2.75 bits per heavy atom. The molecule has 1 amide bonds. The predicted octanol–water partition coefficient (Wildman–Crippen LogP) is 1.64. The third kappa shape index (κ3) is 4.21. The summed E-state index contributed by atoms with van der Waals surface area (Å²) in [6.45, 7) is 2.82. The first-order chi connectivity index (χ1) is 7.59. The highest BCUT2D eigenvalue weighted by atomic mass is 16.1. The summed E-state index contributed by atoms with van der Waals surface area (Å²) in [5, 5.41) is 3.28. The molecule has 0 heterocycles. The summed E-state index contributed by atoms with van der Waals surface area (Å²) in [4.78, 5) is 10.5. The molecule has 16 heavy (non-hydrogen) atoms. The average molecular weight is 221 g/mol. The zero-order chi connectivity index (χ0) is 12.0. The van der Waals surface area contributed by atoms with Crippen LogP contribution in [-0.2, 0) is 4.79 Å². The van der Waals surface area contributed by atoms with Gasteiger partial charge in [0.1, 0.15) is 0 Å². The summed E-state index contributed by atoms with van der Waals surface area (Å²) in [5.74, 6) is -0.233. The summed E-state index contributed by atoms with van der Waals surface area (Å²) in [7, 11) is 0. The molecule has 5 N–H and O–H groups in total. The lowest BCUT2D eigenvalue weighted by atomic mass is 10.2. The van der Waals surface area contributed by atoms with Gasteiger partial charge in [-0.2, -0.15) is 0 Å². The van der Waals surface area contributed by atoms with Crippen molar-refractivity contribution in [2.24, 2.45) is 5.73 Å². The summed E-state index contributed by atoms with van der Waals surface area (Å²) >= 11 is 0. The van der Waals surface area contributed by atoms with Crippen molar-refractivity contribution >= 4 is 17.3 Å². The number of nitrogens with one attached hydrogen (secondary N) is 1. The molecule has 0 radical (unpaired) electrons. The topological polar surface area (TPSA) is 81.1 Å². The number of nitrogen functional groups attached to an aromatic ring is 1. The van der Waals surface area contributed by atoms with Gasteiger partial charge in [-0.25, -0.2) is 0 Å². The van der Waals surface area contributed by atoms with Crippen molar-refractivity contribution in [2.75, 3.05) is 17.6 Å². The molecule has 0 aliphatic rings. The molecule has 1 rings (SSSR count). The van der Waals surface area contributed by atoms with Gasteiger partial charge in [0.2, 0.25) is 5.91 Å². The van der Waals surface area contributed by atoms with Crippen molar-refractivity contribution in [3.8, 4) is 0 Å². The SMILES string of the molecule is Cc1cc(NCCCCC(N)=O)ccc1N. The maximum Gasteiger partial charge on any atom is 0.217 e. The number of anilines is 2. The van der Waals surface area contributed by atoms with Gasteiger partial charge in [-0.15, -0.1) is 0 Å². The molecule has 88 valence electrons. The Hall–Kier alpha value is -1.71. The van der Waals surface area contributed by atoms with Gasteiger partial charge in [0.25, 0.3) is 0 Å². The van der Waals surface area contributed by atoms with Crippen LogP contribution in [0.5, 0.6) is 0 Å². The Morgan fingerprint density at radius 1 is 1.38 bits per heavy atom. The first kappa shape index (κ1) is 12.4. The number of nitrogens with two attached hydrogens (primary N) is 2. The Balaban J connectivity index is 2.27. The molecular weight excluding hydrogens is 202 g/mol. The minimum Gasteiger partial charge on any atom is -0.399 e. The van der Waals surface area contributed by atoms with Gasteiger partial charge >= 0.3 is 0 Å². The van der Waals surface area contributed by atoms with E-state index < -0.39 is 0 Å². The number of primary amides is 1. The molecule has 0 fully saturated rings. The first-order valence-electron chi connectivity index (χ1n) is 5.48. The second-order valence-corrected chi connectivity index (χ2v) is 3.92. The van der Waals surface area contributed by atoms with E-state index in [2.05, 4.69) is 5.32 Å². The van der Waals surface area contributed by atoms with Gasteiger partial charge in [-0.3, -0.25) is 4.79 Å². The first-order valence-corrected chi connectivity index (χ1v) is 5.48. The zero-order valence-corrected chi connectivity index (χ0v) is 9.62. The molecular formula is C12H19N3O. The fraction of sp³-hybridized carbons (Fsp3) is 0.417. The van der Waals surface area contributed by atoms with Gasteiger partial charge in [-0.1, -0.05) is 0 Å². The minimum absolute atomic E-state index is 0.233. The van der Waals surface area contributed by atoms with E-state index in [0.717, 1.165) is 36.3 Å². The van der Waals surface area contributed by atoms with Crippen molar-refractivity contribution in [3.05, 3.63) is 23.8 Å². The molecule has 1 aromatic carbocycles. The zero-order valence-electron chi connectivity index (χ0n) is 9.62. The Kier molecular flexibility index (Phi) is 4.64. The summed E-state index contributed by atoms with van der Waals surface area (Å²) < 4.78 is 0. The van der Waals surface area contributed by atoms with Gasteiger partial charge in [0.15, 0.2) is 0 Å². The smallest absolute Gasteiger partial charge is 0.217 e. The normalized spacial score (nSPS) is 10.1. The van der Waals surface area contributed by atoms with Crippen LogP contribution in [0.15, 0.2) is 18.2 Å². The third-order valence-electron chi connectivity index (χ3n) is 2.45. The fourth-order valence-electron chi connectivity index (χ4n) is 1.44. The molecule has 0 aliphatic carbocycles. The van der Waals surface area contributed by atoms with E-state index in [1.807, 2.05) is 25.1 Å². The number of amides is 1. The minimum atomic E-state index is -0.233. The molecule has 0 saturated carbocycles. The fourth-order valence-corrected chi connectivity index (χ4v) is 1.44. The van der Waals surface area contributed by atoms with Crippen LogP contribution >= 0.6 is 0 Å². The van der Waals surface area contributed by atoms with E-state index in [1.54, 1.807) is 0 Å². The molecule has 4 nitrogen and oxygen atoms in total. The molecule has 0 bridgehead atoms. The molecule has 0 unspecified atom stereocenters. The van der Waals surface area contributed by atoms with Crippen molar-refractivity contribution in [2.45, 2.75) is 26.2 Å². The molecule has 1 aromatic rings. The number of rotatable bonds is 6. The number of carbonyl (C=O) groups excluding carboxylic acids is 1. The monoisotopic (exact) mass is 221 g/mol. The summed E-state index contributed by atoms with van der Waals surface area (Å²) in [6, 6.07) is 5.86. The highest BCUT2D eigenvalue weighted by Crippen LogP contribution is 2.16. The van der Waals surface area contributed by atoms with Crippen LogP contribution in [0.25, 0.3) is 0 Å². The van der Waals surface area contributed by atoms with E-state index in [1.165, 1.54) is 0 Å². The number of hydrogen-bond acceptors (Lipinski definition) is 3. The lowest BCUT2D eigenvalue weighted by Crippen LogP contribution is -2.10. The number of hydrogen-bond donors (Lipinski definition) is 3. The number of carbonyl (C=O) groups is 1.